The molecule has 10 aromatic carbocycles. The summed E-state index contributed by atoms with van der Waals surface area (Å²) in [4.78, 5) is 15.9. The highest BCUT2D eigenvalue weighted by molar-refractivity contribution is 6.26. The number of nitrogens with zero attached hydrogens (tertiary/aromatic N) is 6. The Labute approximate surface area is 391 Å². The van der Waals surface area contributed by atoms with Crippen molar-refractivity contribution in [2.45, 2.75) is 0 Å². The van der Waals surface area contributed by atoms with Crippen LogP contribution in [0, 0.1) is 11.3 Å². The smallest absolute Gasteiger partial charge is 0.166 e. The molecular weight excluding hydrogens is 829 g/mol. The molecule has 13 rings (SSSR count). The predicted octanol–water partition coefficient (Wildman–Crippen LogP) is 15.4. The van der Waals surface area contributed by atoms with E-state index >= 15 is 0 Å². The number of hydrogen-bond acceptors (Lipinski definition) is 4. The maximum Gasteiger partial charge on any atom is 0.166 e. The minimum absolute atomic E-state index is 0.462. The third-order valence-electron chi connectivity index (χ3n) is 13.2. The van der Waals surface area contributed by atoms with Gasteiger partial charge in [0.25, 0.3) is 0 Å². The summed E-state index contributed by atoms with van der Waals surface area (Å²) in [5, 5.41) is 17.4. The van der Waals surface area contributed by atoms with Gasteiger partial charge < -0.3 is 9.13 Å². The second-order valence-electron chi connectivity index (χ2n) is 17.1. The Morgan fingerprint density at radius 2 is 0.912 bits per heavy atom. The fraction of sp³-hybridized carbons (Fsp3) is 0. The summed E-state index contributed by atoms with van der Waals surface area (Å²) in [5.41, 5.74) is 13.5. The number of benzene rings is 10. The van der Waals surface area contributed by atoms with Crippen LogP contribution in [0.2, 0.25) is 0 Å². The van der Waals surface area contributed by atoms with Crippen molar-refractivity contribution < 1.29 is 0 Å². The van der Waals surface area contributed by atoms with Gasteiger partial charge in [-0.1, -0.05) is 170 Å². The van der Waals surface area contributed by atoms with E-state index in [2.05, 4.69) is 197 Å². The van der Waals surface area contributed by atoms with Gasteiger partial charge in [0.05, 0.1) is 39.4 Å². The van der Waals surface area contributed by atoms with Crippen molar-refractivity contribution in [3.05, 3.63) is 236 Å². The van der Waals surface area contributed by atoms with E-state index < -0.39 is 0 Å². The maximum atomic E-state index is 10.5. The van der Waals surface area contributed by atoms with E-state index in [0.717, 1.165) is 88.4 Å². The van der Waals surface area contributed by atoms with Crippen molar-refractivity contribution in [2.24, 2.45) is 0 Å². The van der Waals surface area contributed by atoms with Crippen LogP contribution in [0.3, 0.4) is 0 Å². The average Bonchev–Trinajstić information content (AvgIpc) is 3.94. The molecule has 0 atom stereocenters. The summed E-state index contributed by atoms with van der Waals surface area (Å²) in [6.45, 7) is 0. The predicted molar refractivity (Wildman–Crippen MR) is 278 cm³/mol. The second-order valence-corrected chi connectivity index (χ2v) is 17.1. The highest BCUT2D eigenvalue weighted by Crippen LogP contribution is 2.44. The van der Waals surface area contributed by atoms with Crippen LogP contribution >= 0.6 is 0 Å². The molecule has 0 aliphatic carbocycles. The van der Waals surface area contributed by atoms with Crippen molar-refractivity contribution in [1.82, 2.24) is 24.1 Å². The molecule has 0 spiro atoms. The molecule has 0 saturated heterocycles. The summed E-state index contributed by atoms with van der Waals surface area (Å²) in [6, 6.07) is 82.7. The number of para-hydroxylation sites is 2. The molecule has 316 valence electrons. The van der Waals surface area contributed by atoms with Crippen LogP contribution in [0.1, 0.15) is 5.56 Å². The lowest BCUT2D eigenvalue weighted by atomic mass is 10.0. The molecule has 0 saturated carbocycles. The number of nitriles is 1. The Hall–Kier alpha value is -9.44. The Balaban J connectivity index is 1.10. The minimum Gasteiger partial charge on any atom is -0.309 e. The molecule has 0 fully saturated rings. The standard InChI is InChI=1S/C62H38N6/c63-39-40-29-33-56(68-54-27-11-9-25-50(54)51-32-34-57-58(59(51)68)52-26-10-12-28-55(52)67(57)49-31-30-43-19-7-8-20-46(43)38-49)53(35-40)62-65-60(47-23-13-21-44(36-47)41-15-3-1-4-16-41)64-61(66-62)48-24-14-22-45(37-48)42-17-5-2-6-18-42/h1-38H. The van der Waals surface area contributed by atoms with Crippen molar-refractivity contribution in [2.75, 3.05) is 0 Å². The zero-order chi connectivity index (χ0) is 45.1. The van der Waals surface area contributed by atoms with E-state index in [0.29, 0.717) is 28.6 Å². The number of rotatable bonds is 7. The van der Waals surface area contributed by atoms with Gasteiger partial charge in [-0.25, -0.2) is 15.0 Å². The van der Waals surface area contributed by atoms with Crippen molar-refractivity contribution in [3.8, 4) is 73.9 Å². The Bertz CT molecular complexity index is 4060. The van der Waals surface area contributed by atoms with E-state index in [-0.39, 0.29) is 0 Å². The summed E-state index contributed by atoms with van der Waals surface area (Å²) < 4.78 is 4.74. The molecule has 0 radical (unpaired) electrons. The molecular formula is C62H38N6. The van der Waals surface area contributed by atoms with E-state index in [4.69, 9.17) is 15.0 Å². The highest BCUT2D eigenvalue weighted by Gasteiger charge is 2.24. The molecule has 0 aliphatic rings. The number of hydrogen-bond donors (Lipinski definition) is 0. The lowest BCUT2D eigenvalue weighted by molar-refractivity contribution is 1.06. The Morgan fingerprint density at radius 3 is 1.59 bits per heavy atom. The van der Waals surface area contributed by atoms with Crippen LogP contribution in [0.25, 0.3) is 122 Å². The molecule has 6 nitrogen and oxygen atoms in total. The lowest BCUT2D eigenvalue weighted by Crippen LogP contribution is -2.04. The minimum atomic E-state index is 0.462. The Kier molecular flexibility index (Phi) is 9.12. The molecule has 0 amide bonds. The van der Waals surface area contributed by atoms with Gasteiger partial charge in [0.2, 0.25) is 0 Å². The van der Waals surface area contributed by atoms with Crippen LogP contribution < -0.4 is 0 Å². The van der Waals surface area contributed by atoms with Crippen molar-refractivity contribution >= 4 is 54.4 Å². The normalized spacial score (nSPS) is 11.5. The van der Waals surface area contributed by atoms with Gasteiger partial charge in [-0.2, -0.15) is 5.26 Å². The largest absolute Gasteiger partial charge is 0.309 e. The molecule has 0 unspecified atom stereocenters. The van der Waals surface area contributed by atoms with Crippen LogP contribution in [0.4, 0.5) is 0 Å². The van der Waals surface area contributed by atoms with Gasteiger partial charge in [-0.15, -0.1) is 0 Å². The zero-order valence-electron chi connectivity index (χ0n) is 36.6. The first-order valence-corrected chi connectivity index (χ1v) is 22.7. The first-order chi connectivity index (χ1) is 33.7. The zero-order valence-corrected chi connectivity index (χ0v) is 36.6. The van der Waals surface area contributed by atoms with E-state index in [1.54, 1.807) is 0 Å². The molecule has 0 bridgehead atoms. The summed E-state index contributed by atoms with van der Waals surface area (Å²) in [7, 11) is 0. The van der Waals surface area contributed by atoms with Crippen molar-refractivity contribution in [3.63, 3.8) is 0 Å². The first kappa shape index (κ1) is 39.0. The van der Waals surface area contributed by atoms with Gasteiger partial charge in [0.15, 0.2) is 17.5 Å². The summed E-state index contributed by atoms with van der Waals surface area (Å²) >= 11 is 0. The third-order valence-corrected chi connectivity index (χ3v) is 13.2. The summed E-state index contributed by atoms with van der Waals surface area (Å²) in [6.07, 6.45) is 0. The van der Waals surface area contributed by atoms with Crippen molar-refractivity contribution in [1.29, 1.82) is 5.26 Å². The molecule has 0 N–H and O–H groups in total. The van der Waals surface area contributed by atoms with Gasteiger partial charge in [-0.05, 0) is 93.7 Å². The van der Waals surface area contributed by atoms with E-state index in [9.17, 15) is 5.26 Å². The first-order valence-electron chi connectivity index (χ1n) is 22.7. The molecule has 6 heteroatoms. The van der Waals surface area contributed by atoms with Gasteiger partial charge >= 0.3 is 0 Å². The fourth-order valence-corrected chi connectivity index (χ4v) is 10.0. The van der Waals surface area contributed by atoms with Crippen LogP contribution in [-0.2, 0) is 0 Å². The van der Waals surface area contributed by atoms with Gasteiger partial charge in [-0.3, -0.25) is 0 Å². The quantitative estimate of drug-likeness (QED) is 0.160. The Morgan fingerprint density at radius 1 is 0.353 bits per heavy atom. The van der Waals surface area contributed by atoms with E-state index in [1.165, 1.54) is 10.8 Å². The average molecular weight is 867 g/mol. The third kappa shape index (κ3) is 6.45. The van der Waals surface area contributed by atoms with Gasteiger partial charge in [0, 0.05) is 43.9 Å². The van der Waals surface area contributed by atoms with Crippen LogP contribution in [0.5, 0.6) is 0 Å². The highest BCUT2D eigenvalue weighted by atomic mass is 15.1. The monoisotopic (exact) mass is 866 g/mol. The lowest BCUT2D eigenvalue weighted by Gasteiger charge is -2.16. The second kappa shape index (κ2) is 15.9. The van der Waals surface area contributed by atoms with Crippen LogP contribution in [-0.4, -0.2) is 24.1 Å². The molecule has 13 aromatic rings. The van der Waals surface area contributed by atoms with Gasteiger partial charge in [0.1, 0.15) is 0 Å². The topological polar surface area (TPSA) is 72.3 Å². The fourth-order valence-electron chi connectivity index (χ4n) is 10.0. The SMILES string of the molecule is N#Cc1ccc(-n2c3ccccc3c3ccc4c(c5ccccc5n4-c4ccc5ccccc5c4)c32)c(-c2nc(-c3cccc(-c4ccccc4)c3)nc(-c3cccc(-c4ccccc4)c3)n2)c1. The summed E-state index contributed by atoms with van der Waals surface area (Å²) in [5.74, 6) is 1.53. The van der Waals surface area contributed by atoms with Crippen LogP contribution in [0.15, 0.2) is 231 Å². The molecule has 3 aromatic heterocycles. The maximum absolute atomic E-state index is 10.5. The molecule has 0 aliphatic heterocycles. The number of aromatic nitrogens is 5. The molecule has 3 heterocycles. The number of fused-ring (bicyclic) bond motifs is 8. The molecule has 68 heavy (non-hydrogen) atoms. The van der Waals surface area contributed by atoms with E-state index in [1.807, 2.05) is 48.5 Å².